The lowest BCUT2D eigenvalue weighted by atomic mass is 10.1. The summed E-state index contributed by atoms with van der Waals surface area (Å²) in [5, 5.41) is 2.88. The minimum atomic E-state index is -0.149. The van der Waals surface area contributed by atoms with Crippen molar-refractivity contribution in [3.8, 4) is 11.8 Å². The average Bonchev–Trinajstić information content (AvgIpc) is 2.68. The molecular formula is C22H16ClNO. The molecule has 0 radical (unpaired) electrons. The summed E-state index contributed by atoms with van der Waals surface area (Å²) in [5.74, 6) is 6.51. The number of nitrogens with one attached hydrogen (secondary N) is 1. The molecule has 0 aliphatic heterocycles. The van der Waals surface area contributed by atoms with Crippen LogP contribution in [0.15, 0.2) is 78.9 Å². The van der Waals surface area contributed by atoms with Crippen molar-refractivity contribution in [3.05, 3.63) is 101 Å². The first-order valence-corrected chi connectivity index (χ1v) is 8.41. The van der Waals surface area contributed by atoms with Gasteiger partial charge < -0.3 is 5.32 Å². The number of anilines is 1. The highest BCUT2D eigenvalue weighted by atomic mass is 35.5. The summed E-state index contributed by atoms with van der Waals surface area (Å²) in [5.41, 5.74) is 4.19. The number of carbonyl (C=O) groups is 1. The van der Waals surface area contributed by atoms with Gasteiger partial charge in [0, 0.05) is 28.3 Å². The number of rotatable bonds is 3. The zero-order chi connectivity index (χ0) is 17.5. The Morgan fingerprint density at radius 2 is 1.40 bits per heavy atom. The van der Waals surface area contributed by atoms with Crippen LogP contribution in [-0.2, 0) is 5.88 Å². The quantitative estimate of drug-likeness (QED) is 0.520. The van der Waals surface area contributed by atoms with E-state index in [-0.39, 0.29) is 5.91 Å². The maximum Gasteiger partial charge on any atom is 0.255 e. The van der Waals surface area contributed by atoms with Gasteiger partial charge in [-0.25, -0.2) is 0 Å². The summed E-state index contributed by atoms with van der Waals surface area (Å²) >= 11 is 5.76. The van der Waals surface area contributed by atoms with E-state index in [9.17, 15) is 4.79 Å². The number of hydrogen-bond donors (Lipinski definition) is 1. The first-order valence-electron chi connectivity index (χ1n) is 7.88. The smallest absolute Gasteiger partial charge is 0.255 e. The molecule has 0 aliphatic carbocycles. The van der Waals surface area contributed by atoms with Crippen LogP contribution >= 0.6 is 11.6 Å². The van der Waals surface area contributed by atoms with E-state index in [1.165, 1.54) is 0 Å². The second-order valence-electron chi connectivity index (χ2n) is 5.48. The fraction of sp³-hybridized carbons (Fsp3) is 0.0455. The lowest BCUT2D eigenvalue weighted by molar-refractivity contribution is 0.102. The number of amides is 1. The highest BCUT2D eigenvalue weighted by Gasteiger charge is 2.05. The monoisotopic (exact) mass is 345 g/mol. The van der Waals surface area contributed by atoms with E-state index in [1.54, 1.807) is 12.1 Å². The van der Waals surface area contributed by atoms with Gasteiger partial charge in [-0.1, -0.05) is 42.2 Å². The molecule has 0 saturated carbocycles. The lowest BCUT2D eigenvalue weighted by Gasteiger charge is -2.06. The third kappa shape index (κ3) is 4.73. The Labute approximate surface area is 152 Å². The van der Waals surface area contributed by atoms with Crippen LogP contribution in [0.4, 0.5) is 5.69 Å². The molecule has 3 heteroatoms. The standard InChI is InChI=1S/C22H16ClNO/c23-16-19-8-12-20(13-9-19)22(25)24-21-14-10-18(11-15-21)7-6-17-4-2-1-3-5-17/h1-5,8-15H,16H2,(H,24,25). The lowest BCUT2D eigenvalue weighted by Crippen LogP contribution is -2.11. The highest BCUT2D eigenvalue weighted by molar-refractivity contribution is 6.17. The van der Waals surface area contributed by atoms with E-state index in [0.717, 1.165) is 22.4 Å². The van der Waals surface area contributed by atoms with Crippen molar-refractivity contribution in [3.63, 3.8) is 0 Å². The molecule has 0 spiro atoms. The van der Waals surface area contributed by atoms with Gasteiger partial charge in [0.2, 0.25) is 0 Å². The number of alkyl halides is 1. The van der Waals surface area contributed by atoms with Crippen molar-refractivity contribution < 1.29 is 4.79 Å². The van der Waals surface area contributed by atoms with Crippen LogP contribution in [0.2, 0.25) is 0 Å². The molecule has 0 saturated heterocycles. The summed E-state index contributed by atoms with van der Waals surface area (Å²) in [7, 11) is 0. The van der Waals surface area contributed by atoms with Crippen LogP contribution in [-0.4, -0.2) is 5.91 Å². The summed E-state index contributed by atoms with van der Waals surface area (Å²) in [4.78, 5) is 12.2. The molecule has 0 atom stereocenters. The maximum atomic E-state index is 12.2. The minimum absolute atomic E-state index is 0.149. The van der Waals surface area contributed by atoms with Crippen molar-refractivity contribution >= 4 is 23.2 Å². The first-order chi connectivity index (χ1) is 12.2. The van der Waals surface area contributed by atoms with E-state index in [2.05, 4.69) is 17.2 Å². The van der Waals surface area contributed by atoms with Gasteiger partial charge >= 0.3 is 0 Å². The molecule has 3 aromatic rings. The van der Waals surface area contributed by atoms with Gasteiger partial charge in [-0.3, -0.25) is 4.79 Å². The first kappa shape index (κ1) is 16.8. The predicted octanol–water partition coefficient (Wildman–Crippen LogP) is 5.08. The van der Waals surface area contributed by atoms with Crippen molar-refractivity contribution in [2.45, 2.75) is 5.88 Å². The Morgan fingerprint density at radius 1 is 0.800 bits per heavy atom. The van der Waals surface area contributed by atoms with E-state index >= 15 is 0 Å². The van der Waals surface area contributed by atoms with E-state index in [0.29, 0.717) is 11.4 Å². The SMILES string of the molecule is O=C(Nc1ccc(C#Cc2ccccc2)cc1)c1ccc(CCl)cc1. The fourth-order valence-corrected chi connectivity index (χ4v) is 2.43. The summed E-state index contributed by atoms with van der Waals surface area (Å²) in [6.07, 6.45) is 0. The van der Waals surface area contributed by atoms with E-state index in [4.69, 9.17) is 11.6 Å². The highest BCUT2D eigenvalue weighted by Crippen LogP contribution is 2.12. The molecule has 0 aromatic heterocycles. The van der Waals surface area contributed by atoms with Gasteiger partial charge in [0.25, 0.3) is 5.91 Å². The predicted molar refractivity (Wildman–Crippen MR) is 103 cm³/mol. The zero-order valence-electron chi connectivity index (χ0n) is 13.5. The Kier molecular flexibility index (Phi) is 5.51. The van der Waals surface area contributed by atoms with Crippen LogP contribution in [0.25, 0.3) is 0 Å². The van der Waals surface area contributed by atoms with E-state index < -0.39 is 0 Å². The Hall–Kier alpha value is -3.02. The molecule has 3 aromatic carbocycles. The third-order valence-corrected chi connectivity index (χ3v) is 3.95. The van der Waals surface area contributed by atoms with Crippen LogP contribution in [0, 0.1) is 11.8 Å². The summed E-state index contributed by atoms with van der Waals surface area (Å²) in [6.45, 7) is 0. The van der Waals surface area contributed by atoms with Gasteiger partial charge in [-0.05, 0) is 54.1 Å². The van der Waals surface area contributed by atoms with Crippen molar-refractivity contribution in [2.75, 3.05) is 5.32 Å². The second-order valence-corrected chi connectivity index (χ2v) is 5.75. The number of halogens is 1. The Balaban J connectivity index is 1.66. The molecule has 25 heavy (non-hydrogen) atoms. The second kappa shape index (κ2) is 8.19. The van der Waals surface area contributed by atoms with Crippen LogP contribution in [0.5, 0.6) is 0 Å². The van der Waals surface area contributed by atoms with Crippen LogP contribution in [0.3, 0.4) is 0 Å². The fourth-order valence-electron chi connectivity index (χ4n) is 2.25. The minimum Gasteiger partial charge on any atom is -0.322 e. The van der Waals surface area contributed by atoms with E-state index in [1.807, 2.05) is 66.7 Å². The molecule has 0 unspecified atom stereocenters. The van der Waals surface area contributed by atoms with Crippen LogP contribution < -0.4 is 5.32 Å². The van der Waals surface area contributed by atoms with Gasteiger partial charge in [0.1, 0.15) is 0 Å². The molecule has 2 nitrogen and oxygen atoms in total. The zero-order valence-corrected chi connectivity index (χ0v) is 14.3. The molecular weight excluding hydrogens is 330 g/mol. The number of carbonyl (C=O) groups excluding carboxylic acids is 1. The van der Waals surface area contributed by atoms with Gasteiger partial charge in [0.15, 0.2) is 0 Å². The molecule has 0 fully saturated rings. The third-order valence-electron chi connectivity index (χ3n) is 3.64. The van der Waals surface area contributed by atoms with Gasteiger partial charge in [-0.2, -0.15) is 0 Å². The molecule has 1 amide bonds. The van der Waals surface area contributed by atoms with Crippen molar-refractivity contribution in [2.24, 2.45) is 0 Å². The molecule has 0 aliphatic rings. The van der Waals surface area contributed by atoms with Crippen LogP contribution in [0.1, 0.15) is 27.0 Å². The number of hydrogen-bond acceptors (Lipinski definition) is 1. The molecule has 122 valence electrons. The normalized spacial score (nSPS) is 9.80. The Bertz CT molecular complexity index is 904. The van der Waals surface area contributed by atoms with Gasteiger partial charge in [-0.15, -0.1) is 11.6 Å². The molecule has 1 N–H and O–H groups in total. The van der Waals surface area contributed by atoms with Crippen molar-refractivity contribution in [1.29, 1.82) is 0 Å². The van der Waals surface area contributed by atoms with Gasteiger partial charge in [0.05, 0.1) is 0 Å². The molecule has 0 heterocycles. The Morgan fingerprint density at radius 3 is 2.00 bits per heavy atom. The molecule has 3 rings (SSSR count). The van der Waals surface area contributed by atoms with Crippen molar-refractivity contribution in [1.82, 2.24) is 0 Å². The summed E-state index contributed by atoms with van der Waals surface area (Å²) < 4.78 is 0. The summed E-state index contributed by atoms with van der Waals surface area (Å²) in [6, 6.07) is 24.5. The largest absolute Gasteiger partial charge is 0.322 e. The maximum absolute atomic E-state index is 12.2. The molecule has 0 bridgehead atoms. The topological polar surface area (TPSA) is 29.1 Å². The number of benzene rings is 3. The average molecular weight is 346 g/mol.